The molecule has 2 saturated heterocycles. The Labute approximate surface area is 244 Å². The van der Waals surface area contributed by atoms with Crippen molar-refractivity contribution in [3.05, 3.63) is 71.8 Å². The zero-order valence-corrected chi connectivity index (χ0v) is 25.8. The maximum absolute atomic E-state index is 12.7. The number of hydroxylamine groups is 4. The van der Waals surface area contributed by atoms with Crippen LogP contribution in [0.3, 0.4) is 0 Å². The molecule has 224 valence electrons. The highest BCUT2D eigenvalue weighted by Crippen LogP contribution is 2.42. The lowest BCUT2D eigenvalue weighted by Gasteiger charge is -2.55. The van der Waals surface area contributed by atoms with Gasteiger partial charge in [-0.15, -0.1) is 0 Å². The average molecular weight is 567 g/mol. The molecule has 4 rings (SSSR count). The molecule has 8 heteroatoms. The molecule has 0 aliphatic carbocycles. The number of carbonyl (C=O) groups is 2. The van der Waals surface area contributed by atoms with Gasteiger partial charge < -0.3 is 9.47 Å². The van der Waals surface area contributed by atoms with Crippen LogP contribution in [0.25, 0.3) is 0 Å². The monoisotopic (exact) mass is 566 g/mol. The zero-order chi connectivity index (χ0) is 30.1. The third-order valence-electron chi connectivity index (χ3n) is 8.04. The van der Waals surface area contributed by atoms with Crippen molar-refractivity contribution >= 4 is 11.9 Å². The van der Waals surface area contributed by atoms with Crippen molar-refractivity contribution in [2.24, 2.45) is 0 Å². The molecule has 0 spiro atoms. The van der Waals surface area contributed by atoms with Gasteiger partial charge in [0.15, 0.2) is 6.79 Å². The number of ether oxygens (including phenoxy) is 2. The summed E-state index contributed by atoms with van der Waals surface area (Å²) in [7, 11) is 0. The summed E-state index contributed by atoms with van der Waals surface area (Å²) in [5, 5.41) is 3.97. The molecule has 2 aliphatic heterocycles. The summed E-state index contributed by atoms with van der Waals surface area (Å²) in [5.41, 5.74) is -0.516. The largest absolute Gasteiger partial charge is 0.459 e. The molecule has 0 radical (unpaired) electrons. The molecule has 0 bridgehead atoms. The summed E-state index contributed by atoms with van der Waals surface area (Å²) in [6.07, 6.45) is 2.05. The molecule has 0 saturated carbocycles. The zero-order valence-electron chi connectivity index (χ0n) is 25.8. The van der Waals surface area contributed by atoms with Gasteiger partial charge in [-0.1, -0.05) is 36.4 Å². The molecule has 2 heterocycles. The lowest BCUT2D eigenvalue weighted by Crippen LogP contribution is -2.64. The second-order valence-electron chi connectivity index (χ2n) is 13.8. The van der Waals surface area contributed by atoms with E-state index in [-0.39, 0.29) is 30.9 Å². The molecule has 41 heavy (non-hydrogen) atoms. The molecular weight excluding hydrogens is 520 g/mol. The van der Waals surface area contributed by atoms with E-state index in [0.717, 1.165) is 0 Å². The fourth-order valence-electron chi connectivity index (χ4n) is 6.93. The quantitative estimate of drug-likeness (QED) is 0.263. The van der Waals surface area contributed by atoms with Crippen LogP contribution in [0.15, 0.2) is 60.7 Å². The fourth-order valence-corrected chi connectivity index (χ4v) is 6.93. The Morgan fingerprint density at radius 3 is 1.17 bits per heavy atom. The van der Waals surface area contributed by atoms with Crippen LogP contribution < -0.4 is 0 Å². The third kappa shape index (κ3) is 7.36. The summed E-state index contributed by atoms with van der Waals surface area (Å²) in [6, 6.07) is 18.2. The first kappa shape index (κ1) is 31.2. The SMILES string of the molecule is CC1(C)CC(OC(=O)c2ccccc2)CC(C)(C)N1OCON1C(C)(C)CC(OC(=O)c2ccccc2)CC1(C)C. The van der Waals surface area contributed by atoms with Gasteiger partial charge in [0.05, 0.1) is 11.1 Å². The summed E-state index contributed by atoms with van der Waals surface area (Å²) < 4.78 is 11.8. The Morgan fingerprint density at radius 1 is 0.585 bits per heavy atom. The molecule has 0 aromatic heterocycles. The maximum Gasteiger partial charge on any atom is 0.338 e. The van der Waals surface area contributed by atoms with E-state index >= 15 is 0 Å². The number of hydrogen-bond donors (Lipinski definition) is 0. The fraction of sp³-hybridized carbons (Fsp3) is 0.576. The van der Waals surface area contributed by atoms with E-state index < -0.39 is 22.2 Å². The second kappa shape index (κ2) is 11.8. The second-order valence-corrected chi connectivity index (χ2v) is 13.8. The molecule has 0 amide bonds. The van der Waals surface area contributed by atoms with E-state index in [0.29, 0.717) is 36.8 Å². The highest BCUT2D eigenvalue weighted by molar-refractivity contribution is 5.89. The standard InChI is InChI=1S/C33H46N2O6/c1-30(2)19-26(40-28(36)24-15-11-9-12-16-24)20-31(3,4)34(30)38-23-39-35-32(5,6)21-27(22-33(35,7)8)41-29(37)25-17-13-10-14-18-25/h9-18,26-27H,19-23H2,1-8H3. The number of benzene rings is 2. The molecular formula is C33H46N2O6. The molecule has 0 N–H and O–H groups in total. The first-order valence-corrected chi connectivity index (χ1v) is 14.5. The predicted octanol–water partition coefficient (Wildman–Crippen LogP) is 6.56. The van der Waals surface area contributed by atoms with Crippen molar-refractivity contribution in [1.29, 1.82) is 0 Å². The Balaban J connectivity index is 1.35. The van der Waals surface area contributed by atoms with E-state index in [1.54, 1.807) is 24.3 Å². The lowest BCUT2D eigenvalue weighted by molar-refractivity contribution is -0.388. The van der Waals surface area contributed by atoms with Crippen LogP contribution in [0.1, 0.15) is 102 Å². The minimum atomic E-state index is -0.406. The highest BCUT2D eigenvalue weighted by Gasteiger charge is 2.50. The van der Waals surface area contributed by atoms with Crippen molar-refractivity contribution in [2.45, 2.75) is 115 Å². The van der Waals surface area contributed by atoms with Crippen LogP contribution in [0.2, 0.25) is 0 Å². The maximum atomic E-state index is 12.7. The van der Waals surface area contributed by atoms with Gasteiger partial charge in [-0.05, 0) is 79.7 Å². The van der Waals surface area contributed by atoms with Crippen molar-refractivity contribution in [2.75, 3.05) is 6.79 Å². The Bertz CT molecular complexity index is 1070. The van der Waals surface area contributed by atoms with Crippen molar-refractivity contribution in [3.8, 4) is 0 Å². The molecule has 2 fully saturated rings. The molecule has 0 unspecified atom stereocenters. The van der Waals surface area contributed by atoms with Crippen molar-refractivity contribution in [3.63, 3.8) is 0 Å². The predicted molar refractivity (Wildman–Crippen MR) is 157 cm³/mol. The smallest absolute Gasteiger partial charge is 0.338 e. The van der Waals surface area contributed by atoms with Crippen molar-refractivity contribution < 1.29 is 28.7 Å². The Morgan fingerprint density at radius 2 is 0.878 bits per heavy atom. The summed E-state index contributed by atoms with van der Waals surface area (Å²) in [5.74, 6) is -0.607. The van der Waals surface area contributed by atoms with Gasteiger partial charge in [-0.2, -0.15) is 10.1 Å². The van der Waals surface area contributed by atoms with E-state index in [2.05, 4.69) is 55.4 Å². The minimum Gasteiger partial charge on any atom is -0.459 e. The van der Waals surface area contributed by atoms with E-state index in [4.69, 9.17) is 19.1 Å². The van der Waals surface area contributed by atoms with Crippen molar-refractivity contribution in [1.82, 2.24) is 10.1 Å². The van der Waals surface area contributed by atoms with E-state index in [9.17, 15) is 9.59 Å². The molecule has 2 aromatic carbocycles. The Kier molecular flexibility index (Phi) is 9.00. The van der Waals surface area contributed by atoms with E-state index in [1.165, 1.54) is 0 Å². The summed E-state index contributed by atoms with van der Waals surface area (Å²) >= 11 is 0. The third-order valence-corrected chi connectivity index (χ3v) is 8.04. The van der Waals surface area contributed by atoms with Gasteiger partial charge in [0.2, 0.25) is 0 Å². The van der Waals surface area contributed by atoms with Crippen LogP contribution in [-0.2, 0) is 19.1 Å². The molecule has 0 atom stereocenters. The number of nitrogens with zero attached hydrogens (tertiary/aromatic N) is 2. The van der Waals surface area contributed by atoms with Gasteiger partial charge in [-0.3, -0.25) is 9.68 Å². The number of hydrogen-bond acceptors (Lipinski definition) is 8. The number of esters is 2. The number of rotatable bonds is 8. The van der Waals surface area contributed by atoms with E-state index in [1.807, 2.05) is 46.5 Å². The molecule has 2 aromatic rings. The molecule has 8 nitrogen and oxygen atoms in total. The topological polar surface area (TPSA) is 77.5 Å². The van der Waals surface area contributed by atoms with Crippen LogP contribution in [-0.4, -0.2) is 63.2 Å². The van der Waals surface area contributed by atoms with Crippen LogP contribution >= 0.6 is 0 Å². The van der Waals surface area contributed by atoms with Gasteiger partial charge in [0.1, 0.15) is 12.2 Å². The first-order valence-electron chi connectivity index (χ1n) is 14.5. The number of carbonyl (C=O) groups excluding carboxylic acids is 2. The van der Waals surface area contributed by atoms with Gasteiger partial charge in [0, 0.05) is 47.8 Å². The first-order chi connectivity index (χ1) is 19.1. The normalized spacial score (nSPS) is 22.6. The lowest BCUT2D eigenvalue weighted by atomic mass is 9.80. The highest BCUT2D eigenvalue weighted by atomic mass is 16.8. The van der Waals surface area contributed by atoms with Gasteiger partial charge >= 0.3 is 11.9 Å². The summed E-state index contributed by atoms with van der Waals surface area (Å²) in [6.45, 7) is 16.8. The number of piperidine rings is 2. The summed E-state index contributed by atoms with van der Waals surface area (Å²) in [4.78, 5) is 38.1. The van der Waals surface area contributed by atoms with Gasteiger partial charge in [0.25, 0.3) is 0 Å². The molecule has 2 aliphatic rings. The Hall–Kier alpha value is -2.78. The van der Waals surface area contributed by atoms with Crippen LogP contribution in [0.5, 0.6) is 0 Å². The van der Waals surface area contributed by atoms with Gasteiger partial charge in [-0.25, -0.2) is 9.59 Å². The average Bonchev–Trinajstić information content (AvgIpc) is 2.86. The minimum absolute atomic E-state index is 0.0304. The van der Waals surface area contributed by atoms with Crippen LogP contribution in [0.4, 0.5) is 0 Å². The van der Waals surface area contributed by atoms with Crippen LogP contribution in [0, 0.1) is 0 Å².